The van der Waals surface area contributed by atoms with Crippen molar-refractivity contribution in [1.82, 2.24) is 0 Å². The van der Waals surface area contributed by atoms with Crippen molar-refractivity contribution in [2.24, 2.45) is 17.3 Å². The van der Waals surface area contributed by atoms with Crippen molar-refractivity contribution in [3.8, 4) is 0 Å². The van der Waals surface area contributed by atoms with E-state index in [1.54, 1.807) is 0 Å². The molecule has 0 amide bonds. The minimum Gasteiger partial charge on any atom is -0.0877 e. The van der Waals surface area contributed by atoms with Crippen molar-refractivity contribution in [2.75, 3.05) is 0 Å². The topological polar surface area (TPSA) is 0 Å². The fourth-order valence-electron chi connectivity index (χ4n) is 0.992. The Bertz CT molecular complexity index is 151. The van der Waals surface area contributed by atoms with Gasteiger partial charge >= 0.3 is 0 Å². The van der Waals surface area contributed by atoms with E-state index in [-0.39, 0.29) is 0 Å². The molecule has 0 heteroatoms. The zero-order valence-corrected chi connectivity index (χ0v) is 10.2. The highest BCUT2D eigenvalue weighted by Gasteiger charge is 2.10. The average molecular weight is 182 g/mol. The lowest BCUT2D eigenvalue weighted by Crippen LogP contribution is -2.06. The number of hydrogen-bond acceptors (Lipinski definition) is 0. The molecule has 0 fully saturated rings. The highest BCUT2D eigenvalue weighted by atomic mass is 14.2. The van der Waals surface area contributed by atoms with Gasteiger partial charge in [0.25, 0.3) is 0 Å². The molecule has 0 aromatic rings. The summed E-state index contributed by atoms with van der Waals surface area (Å²) in [6.45, 7) is 13.8. The quantitative estimate of drug-likeness (QED) is 0.542. The van der Waals surface area contributed by atoms with Crippen LogP contribution in [0.2, 0.25) is 0 Å². The lowest BCUT2D eigenvalue weighted by atomic mass is 9.88. The van der Waals surface area contributed by atoms with Gasteiger partial charge in [-0.25, -0.2) is 0 Å². The van der Waals surface area contributed by atoms with Crippen molar-refractivity contribution >= 4 is 0 Å². The average Bonchev–Trinajstić information content (AvgIpc) is 2.04. The van der Waals surface area contributed by atoms with Gasteiger partial charge in [-0.15, -0.1) is 0 Å². The van der Waals surface area contributed by atoms with Crippen molar-refractivity contribution in [1.29, 1.82) is 0 Å². The minimum atomic E-state index is 0.386. The van der Waals surface area contributed by atoms with Crippen molar-refractivity contribution in [2.45, 2.75) is 54.4 Å². The molecule has 0 aliphatic carbocycles. The third-order valence-corrected chi connectivity index (χ3v) is 3.13. The van der Waals surface area contributed by atoms with Gasteiger partial charge in [0.2, 0.25) is 0 Å². The molecule has 1 atom stereocenters. The largest absolute Gasteiger partial charge is 0.0877 e. The smallest absolute Gasteiger partial charge is 0.0177 e. The van der Waals surface area contributed by atoms with Gasteiger partial charge in [-0.1, -0.05) is 53.7 Å². The van der Waals surface area contributed by atoms with Crippen LogP contribution in [-0.4, -0.2) is 0 Å². The standard InChI is InChI=1S/C13H26/c1-7-13(5,6)10-8-9-12(4)11(2)3/h8,10-12H,7,9H2,1-6H3. The first-order valence-corrected chi connectivity index (χ1v) is 5.56. The summed E-state index contributed by atoms with van der Waals surface area (Å²) in [5.41, 5.74) is 0.386. The summed E-state index contributed by atoms with van der Waals surface area (Å²) in [6, 6.07) is 0. The van der Waals surface area contributed by atoms with E-state index < -0.39 is 0 Å². The molecule has 0 heterocycles. The van der Waals surface area contributed by atoms with E-state index in [2.05, 4.69) is 53.7 Å². The van der Waals surface area contributed by atoms with Gasteiger partial charge in [0.15, 0.2) is 0 Å². The van der Waals surface area contributed by atoms with E-state index in [4.69, 9.17) is 0 Å². The first kappa shape index (κ1) is 12.7. The van der Waals surface area contributed by atoms with Crippen LogP contribution in [0.1, 0.15) is 54.4 Å². The fraction of sp³-hybridized carbons (Fsp3) is 0.846. The van der Waals surface area contributed by atoms with Crippen LogP contribution in [0.4, 0.5) is 0 Å². The Kier molecular flexibility index (Phi) is 5.36. The predicted octanol–water partition coefficient (Wildman–Crippen LogP) is 4.66. The summed E-state index contributed by atoms with van der Waals surface area (Å²) < 4.78 is 0. The highest BCUT2D eigenvalue weighted by molar-refractivity contribution is 4.94. The summed E-state index contributed by atoms with van der Waals surface area (Å²) in [5.74, 6) is 1.61. The van der Waals surface area contributed by atoms with E-state index in [9.17, 15) is 0 Å². The Morgan fingerprint density at radius 3 is 2.08 bits per heavy atom. The second-order valence-electron chi connectivity index (χ2n) is 5.20. The maximum Gasteiger partial charge on any atom is -0.0177 e. The van der Waals surface area contributed by atoms with Crippen LogP contribution in [0.3, 0.4) is 0 Å². The van der Waals surface area contributed by atoms with Crippen LogP contribution < -0.4 is 0 Å². The molecule has 1 unspecified atom stereocenters. The molecule has 0 radical (unpaired) electrons. The van der Waals surface area contributed by atoms with Crippen LogP contribution in [-0.2, 0) is 0 Å². The first-order valence-electron chi connectivity index (χ1n) is 5.56. The second kappa shape index (κ2) is 5.47. The van der Waals surface area contributed by atoms with E-state index in [1.807, 2.05) is 0 Å². The molecule has 0 saturated carbocycles. The summed E-state index contributed by atoms with van der Waals surface area (Å²) in [4.78, 5) is 0. The van der Waals surface area contributed by atoms with Gasteiger partial charge in [0.05, 0.1) is 0 Å². The first-order chi connectivity index (χ1) is 5.89. The van der Waals surface area contributed by atoms with Gasteiger partial charge in [0.1, 0.15) is 0 Å². The number of allylic oxidation sites excluding steroid dienone is 2. The van der Waals surface area contributed by atoms with Crippen molar-refractivity contribution < 1.29 is 0 Å². The van der Waals surface area contributed by atoms with Gasteiger partial charge < -0.3 is 0 Å². The van der Waals surface area contributed by atoms with E-state index in [0.29, 0.717) is 5.41 Å². The van der Waals surface area contributed by atoms with Gasteiger partial charge in [-0.2, -0.15) is 0 Å². The molecule has 0 aromatic heterocycles. The molecular weight excluding hydrogens is 156 g/mol. The molecule has 13 heavy (non-hydrogen) atoms. The monoisotopic (exact) mass is 182 g/mol. The third kappa shape index (κ3) is 5.90. The molecule has 0 aliphatic rings. The summed E-state index contributed by atoms with van der Waals surface area (Å²) >= 11 is 0. The maximum atomic E-state index is 2.37. The van der Waals surface area contributed by atoms with Crippen LogP contribution >= 0.6 is 0 Å². The van der Waals surface area contributed by atoms with Crippen molar-refractivity contribution in [3.63, 3.8) is 0 Å². The molecule has 0 N–H and O–H groups in total. The van der Waals surface area contributed by atoms with Crippen LogP contribution in [0.5, 0.6) is 0 Å². The Labute approximate surface area is 84.4 Å². The lowest BCUT2D eigenvalue weighted by Gasteiger charge is -2.18. The van der Waals surface area contributed by atoms with E-state index in [0.717, 1.165) is 11.8 Å². The molecule has 0 saturated heterocycles. The summed E-state index contributed by atoms with van der Waals surface area (Å²) in [7, 11) is 0. The molecule has 0 spiro atoms. The Morgan fingerprint density at radius 2 is 1.69 bits per heavy atom. The summed E-state index contributed by atoms with van der Waals surface area (Å²) in [6.07, 6.45) is 7.17. The minimum absolute atomic E-state index is 0.386. The number of hydrogen-bond donors (Lipinski definition) is 0. The molecule has 78 valence electrons. The molecule has 0 nitrogen and oxygen atoms in total. The molecular formula is C13H26. The Hall–Kier alpha value is -0.260. The van der Waals surface area contributed by atoms with Gasteiger partial charge in [0, 0.05) is 0 Å². The molecule has 0 rings (SSSR count). The maximum absolute atomic E-state index is 2.37. The SMILES string of the molecule is CCC(C)(C)C=CCC(C)C(C)C. The Balaban J connectivity index is 3.87. The second-order valence-corrected chi connectivity index (χ2v) is 5.20. The van der Waals surface area contributed by atoms with Crippen LogP contribution in [0.15, 0.2) is 12.2 Å². The third-order valence-electron chi connectivity index (χ3n) is 3.13. The predicted molar refractivity (Wildman–Crippen MR) is 61.8 cm³/mol. The molecule has 0 aromatic carbocycles. The number of rotatable bonds is 5. The van der Waals surface area contributed by atoms with E-state index in [1.165, 1.54) is 12.8 Å². The Morgan fingerprint density at radius 1 is 1.15 bits per heavy atom. The van der Waals surface area contributed by atoms with Crippen molar-refractivity contribution in [3.05, 3.63) is 12.2 Å². The van der Waals surface area contributed by atoms with Crippen LogP contribution in [0.25, 0.3) is 0 Å². The molecule has 0 aliphatic heterocycles. The normalized spacial score (nSPS) is 15.6. The zero-order chi connectivity index (χ0) is 10.5. The zero-order valence-electron chi connectivity index (χ0n) is 10.2. The molecule has 0 bridgehead atoms. The summed E-state index contributed by atoms with van der Waals surface area (Å²) in [5, 5.41) is 0. The highest BCUT2D eigenvalue weighted by Crippen LogP contribution is 2.23. The lowest BCUT2D eigenvalue weighted by molar-refractivity contribution is 0.417. The van der Waals surface area contributed by atoms with Gasteiger partial charge in [-0.3, -0.25) is 0 Å². The van der Waals surface area contributed by atoms with Gasteiger partial charge in [-0.05, 0) is 30.1 Å². The fourth-order valence-corrected chi connectivity index (χ4v) is 0.992. The van der Waals surface area contributed by atoms with Crippen LogP contribution in [0, 0.1) is 17.3 Å². The van der Waals surface area contributed by atoms with E-state index >= 15 is 0 Å².